The van der Waals surface area contributed by atoms with Gasteiger partial charge in [-0.05, 0) is 23.6 Å². The summed E-state index contributed by atoms with van der Waals surface area (Å²) >= 11 is 0. The number of anilines is 1. The third-order valence-electron chi connectivity index (χ3n) is 3.13. The lowest BCUT2D eigenvalue weighted by Crippen LogP contribution is -2.33. The van der Waals surface area contributed by atoms with Crippen molar-refractivity contribution in [2.45, 2.75) is 25.8 Å². The zero-order valence-corrected chi connectivity index (χ0v) is 10.3. The van der Waals surface area contributed by atoms with Gasteiger partial charge in [0, 0.05) is 18.8 Å². The van der Waals surface area contributed by atoms with E-state index >= 15 is 0 Å². The van der Waals surface area contributed by atoms with E-state index in [9.17, 15) is 4.79 Å². The lowest BCUT2D eigenvalue weighted by atomic mass is 10.0. The van der Waals surface area contributed by atoms with Crippen molar-refractivity contribution in [3.05, 3.63) is 29.8 Å². The highest BCUT2D eigenvalue weighted by Gasteiger charge is 2.28. The maximum atomic E-state index is 11.7. The molecule has 1 aromatic rings. The summed E-state index contributed by atoms with van der Waals surface area (Å²) in [6.07, 6.45) is 0. The summed E-state index contributed by atoms with van der Waals surface area (Å²) in [6, 6.07) is 8.14. The molecule has 1 heterocycles. The molecule has 1 saturated heterocycles. The number of carbonyl (C=O) groups excluding carboxylic acids is 1. The highest BCUT2D eigenvalue weighted by molar-refractivity contribution is 5.94. The van der Waals surface area contributed by atoms with E-state index in [1.807, 2.05) is 12.1 Å². The first-order chi connectivity index (χ1) is 8.11. The maximum absolute atomic E-state index is 11.7. The number of hydrogen-bond donors (Lipinski definition) is 2. The number of nitrogens with one attached hydrogen (secondary N) is 1. The molecular weight excluding hydrogens is 214 g/mol. The zero-order valence-electron chi connectivity index (χ0n) is 10.3. The summed E-state index contributed by atoms with van der Waals surface area (Å²) in [5.74, 6) is 0.508. The standard InChI is InChI=1S/C13H19N3O/c1-9(2)10-3-5-12(6-4-10)16-8-11(7-14)15-13(16)17/h3-6,9,11H,7-8,14H2,1-2H3,(H,15,17). The number of nitrogens with zero attached hydrogens (tertiary/aromatic N) is 1. The number of urea groups is 1. The van der Waals surface area contributed by atoms with E-state index in [1.165, 1.54) is 5.56 Å². The van der Waals surface area contributed by atoms with E-state index < -0.39 is 0 Å². The molecular formula is C13H19N3O. The van der Waals surface area contributed by atoms with Gasteiger partial charge in [0.05, 0.1) is 6.04 Å². The van der Waals surface area contributed by atoms with Crippen LogP contribution >= 0.6 is 0 Å². The highest BCUT2D eigenvalue weighted by atomic mass is 16.2. The average molecular weight is 233 g/mol. The van der Waals surface area contributed by atoms with Gasteiger partial charge in [-0.1, -0.05) is 26.0 Å². The van der Waals surface area contributed by atoms with Crippen LogP contribution < -0.4 is 16.0 Å². The minimum absolute atomic E-state index is 0.0576. The van der Waals surface area contributed by atoms with Crippen LogP contribution in [0.25, 0.3) is 0 Å². The summed E-state index contributed by atoms with van der Waals surface area (Å²) in [6.45, 7) is 5.44. The first kappa shape index (κ1) is 11.9. The molecule has 2 amide bonds. The molecule has 0 aromatic heterocycles. The van der Waals surface area contributed by atoms with E-state index in [1.54, 1.807) is 4.90 Å². The Morgan fingerprint density at radius 3 is 2.53 bits per heavy atom. The maximum Gasteiger partial charge on any atom is 0.322 e. The second-order valence-electron chi connectivity index (χ2n) is 4.74. The van der Waals surface area contributed by atoms with Gasteiger partial charge in [-0.3, -0.25) is 4.90 Å². The molecule has 1 fully saturated rings. The monoisotopic (exact) mass is 233 g/mol. The second-order valence-corrected chi connectivity index (χ2v) is 4.74. The summed E-state index contributed by atoms with van der Waals surface area (Å²) in [5, 5.41) is 2.85. The number of rotatable bonds is 3. The van der Waals surface area contributed by atoms with Gasteiger partial charge in [-0.15, -0.1) is 0 Å². The molecule has 4 heteroatoms. The van der Waals surface area contributed by atoms with E-state index in [4.69, 9.17) is 5.73 Å². The minimum atomic E-state index is -0.0576. The molecule has 0 aliphatic carbocycles. The Morgan fingerprint density at radius 2 is 2.06 bits per heavy atom. The Hall–Kier alpha value is -1.55. The van der Waals surface area contributed by atoms with E-state index in [0.717, 1.165) is 5.69 Å². The molecule has 0 saturated carbocycles. The first-order valence-electron chi connectivity index (χ1n) is 6.00. The molecule has 1 aliphatic heterocycles. The molecule has 1 unspecified atom stereocenters. The lowest BCUT2D eigenvalue weighted by Gasteiger charge is -2.15. The van der Waals surface area contributed by atoms with Gasteiger partial charge >= 0.3 is 6.03 Å². The predicted octanol–water partition coefficient (Wildman–Crippen LogP) is 1.67. The summed E-state index contributed by atoms with van der Waals surface area (Å²) < 4.78 is 0. The molecule has 1 aromatic carbocycles. The third-order valence-corrected chi connectivity index (χ3v) is 3.13. The van der Waals surface area contributed by atoms with E-state index in [2.05, 4.69) is 31.3 Å². The van der Waals surface area contributed by atoms with Gasteiger partial charge in [0.25, 0.3) is 0 Å². The molecule has 4 nitrogen and oxygen atoms in total. The van der Waals surface area contributed by atoms with Gasteiger partial charge in [-0.25, -0.2) is 4.79 Å². The first-order valence-corrected chi connectivity index (χ1v) is 6.00. The summed E-state index contributed by atoms with van der Waals surface area (Å²) in [5.41, 5.74) is 7.77. The van der Waals surface area contributed by atoms with Crippen LogP contribution in [0.2, 0.25) is 0 Å². The molecule has 3 N–H and O–H groups in total. The number of nitrogens with two attached hydrogens (primary N) is 1. The van der Waals surface area contributed by atoms with Crippen LogP contribution in [0.1, 0.15) is 25.3 Å². The molecule has 1 atom stereocenters. The number of benzene rings is 1. The third kappa shape index (κ3) is 2.42. The van der Waals surface area contributed by atoms with Crippen LogP contribution in [0.4, 0.5) is 10.5 Å². The van der Waals surface area contributed by atoms with Crippen molar-refractivity contribution in [2.24, 2.45) is 5.73 Å². The van der Waals surface area contributed by atoms with Crippen molar-refractivity contribution in [1.29, 1.82) is 0 Å². The minimum Gasteiger partial charge on any atom is -0.332 e. The molecule has 92 valence electrons. The van der Waals surface area contributed by atoms with Crippen molar-refractivity contribution in [2.75, 3.05) is 18.0 Å². The normalized spacial score (nSPS) is 19.9. The quantitative estimate of drug-likeness (QED) is 0.834. The highest BCUT2D eigenvalue weighted by Crippen LogP contribution is 2.22. The Kier molecular flexibility index (Phi) is 3.33. The topological polar surface area (TPSA) is 58.4 Å². The Balaban J connectivity index is 2.15. The van der Waals surface area contributed by atoms with Crippen LogP contribution in [0.3, 0.4) is 0 Å². The van der Waals surface area contributed by atoms with Crippen LogP contribution in [0.15, 0.2) is 24.3 Å². The predicted molar refractivity (Wildman–Crippen MR) is 69.3 cm³/mol. The average Bonchev–Trinajstić information content (AvgIpc) is 2.71. The van der Waals surface area contributed by atoms with Crippen LogP contribution in [0, 0.1) is 0 Å². The van der Waals surface area contributed by atoms with Crippen molar-refractivity contribution in [3.63, 3.8) is 0 Å². The molecule has 0 spiro atoms. The van der Waals surface area contributed by atoms with Gasteiger partial charge in [-0.2, -0.15) is 0 Å². The second kappa shape index (κ2) is 4.75. The lowest BCUT2D eigenvalue weighted by molar-refractivity contribution is 0.251. The number of carbonyl (C=O) groups is 1. The Bertz CT molecular complexity index is 400. The Labute approximate surface area is 102 Å². The number of hydrogen-bond acceptors (Lipinski definition) is 2. The van der Waals surface area contributed by atoms with Crippen molar-refractivity contribution >= 4 is 11.7 Å². The van der Waals surface area contributed by atoms with Gasteiger partial charge < -0.3 is 11.1 Å². The molecule has 2 rings (SSSR count). The fraction of sp³-hybridized carbons (Fsp3) is 0.462. The van der Waals surface area contributed by atoms with Crippen molar-refractivity contribution in [1.82, 2.24) is 5.32 Å². The van der Waals surface area contributed by atoms with Gasteiger partial charge in [0.1, 0.15) is 0 Å². The summed E-state index contributed by atoms with van der Waals surface area (Å²) in [7, 11) is 0. The summed E-state index contributed by atoms with van der Waals surface area (Å²) in [4.78, 5) is 13.5. The molecule has 17 heavy (non-hydrogen) atoms. The fourth-order valence-corrected chi connectivity index (χ4v) is 2.00. The largest absolute Gasteiger partial charge is 0.332 e. The SMILES string of the molecule is CC(C)c1ccc(N2CC(CN)NC2=O)cc1. The smallest absolute Gasteiger partial charge is 0.322 e. The zero-order chi connectivity index (χ0) is 12.4. The van der Waals surface area contributed by atoms with Crippen molar-refractivity contribution < 1.29 is 4.79 Å². The van der Waals surface area contributed by atoms with Crippen LogP contribution in [0.5, 0.6) is 0 Å². The van der Waals surface area contributed by atoms with Crippen molar-refractivity contribution in [3.8, 4) is 0 Å². The fourth-order valence-electron chi connectivity index (χ4n) is 2.00. The van der Waals surface area contributed by atoms with Crippen LogP contribution in [-0.4, -0.2) is 25.2 Å². The molecule has 0 bridgehead atoms. The number of amides is 2. The van der Waals surface area contributed by atoms with E-state index in [-0.39, 0.29) is 12.1 Å². The molecule has 1 aliphatic rings. The van der Waals surface area contributed by atoms with Gasteiger partial charge in [0.15, 0.2) is 0 Å². The molecule has 0 radical (unpaired) electrons. The van der Waals surface area contributed by atoms with Crippen LogP contribution in [-0.2, 0) is 0 Å². The Morgan fingerprint density at radius 1 is 1.41 bits per heavy atom. The van der Waals surface area contributed by atoms with Gasteiger partial charge in [0.2, 0.25) is 0 Å². The van der Waals surface area contributed by atoms with E-state index in [0.29, 0.717) is 19.0 Å².